The fourth-order valence-electron chi connectivity index (χ4n) is 2.57. The molecular weight excluding hydrogens is 240 g/mol. The molecule has 0 spiro atoms. The van der Waals surface area contributed by atoms with E-state index in [1.807, 2.05) is 11.9 Å². The molecule has 0 atom stereocenters. The number of nitrogens with zero attached hydrogens (tertiary/aromatic N) is 3. The van der Waals surface area contributed by atoms with Gasteiger partial charge in [-0.3, -0.25) is 4.79 Å². The Labute approximate surface area is 114 Å². The van der Waals surface area contributed by atoms with Gasteiger partial charge in [-0.2, -0.15) is 0 Å². The molecule has 2 rings (SSSR count). The van der Waals surface area contributed by atoms with Crippen LogP contribution in [0.3, 0.4) is 0 Å². The van der Waals surface area contributed by atoms with Gasteiger partial charge in [-0.1, -0.05) is 25.7 Å². The molecule has 1 aromatic heterocycles. The van der Waals surface area contributed by atoms with Crippen LogP contribution in [0, 0.1) is 0 Å². The molecule has 1 amide bonds. The van der Waals surface area contributed by atoms with Gasteiger partial charge in [0, 0.05) is 20.1 Å². The third-order valence-corrected chi connectivity index (χ3v) is 3.83. The lowest BCUT2D eigenvalue weighted by molar-refractivity contribution is 0.0710. The van der Waals surface area contributed by atoms with Crippen LogP contribution in [0.1, 0.15) is 49.0 Å². The molecule has 5 nitrogen and oxygen atoms in total. The number of rotatable bonds is 3. The van der Waals surface area contributed by atoms with E-state index in [1.54, 1.807) is 19.2 Å². The van der Waals surface area contributed by atoms with Crippen LogP contribution in [0.5, 0.6) is 0 Å². The maximum Gasteiger partial charge on any atom is 0.274 e. The second-order valence-corrected chi connectivity index (χ2v) is 5.12. The molecule has 104 valence electrons. The molecule has 1 saturated carbocycles. The Morgan fingerprint density at radius 1 is 1.21 bits per heavy atom. The summed E-state index contributed by atoms with van der Waals surface area (Å²) in [4.78, 5) is 14.2. The first-order valence-corrected chi connectivity index (χ1v) is 7.01. The normalized spacial score (nSPS) is 16.7. The molecule has 1 aliphatic rings. The Bertz CT molecular complexity index is 410. The average molecular weight is 262 g/mol. The van der Waals surface area contributed by atoms with Crippen LogP contribution >= 0.6 is 0 Å². The quantitative estimate of drug-likeness (QED) is 0.849. The zero-order chi connectivity index (χ0) is 13.7. The van der Waals surface area contributed by atoms with Gasteiger partial charge in [-0.05, 0) is 25.0 Å². The van der Waals surface area contributed by atoms with Gasteiger partial charge in [0.15, 0.2) is 5.69 Å². The van der Waals surface area contributed by atoms with Crippen molar-refractivity contribution < 1.29 is 4.79 Å². The van der Waals surface area contributed by atoms with Gasteiger partial charge < -0.3 is 10.2 Å². The minimum absolute atomic E-state index is 0.0259. The molecule has 1 aliphatic carbocycles. The molecular formula is C14H22N4O. The van der Waals surface area contributed by atoms with E-state index in [0.717, 1.165) is 12.8 Å². The topological polar surface area (TPSA) is 58.1 Å². The predicted molar refractivity (Wildman–Crippen MR) is 75.2 cm³/mol. The Morgan fingerprint density at radius 3 is 2.42 bits per heavy atom. The highest BCUT2D eigenvalue weighted by Crippen LogP contribution is 2.22. The largest absolute Gasteiger partial charge is 0.372 e. The number of amides is 1. The molecule has 0 unspecified atom stereocenters. The Kier molecular flexibility index (Phi) is 4.71. The summed E-state index contributed by atoms with van der Waals surface area (Å²) < 4.78 is 0. The maximum absolute atomic E-state index is 12.4. The van der Waals surface area contributed by atoms with Gasteiger partial charge in [0.05, 0.1) is 0 Å². The first-order valence-electron chi connectivity index (χ1n) is 7.01. The number of carbonyl (C=O) groups excluding carboxylic acids is 1. The Morgan fingerprint density at radius 2 is 1.89 bits per heavy atom. The van der Waals surface area contributed by atoms with Gasteiger partial charge >= 0.3 is 0 Å². The van der Waals surface area contributed by atoms with Gasteiger partial charge in [0.25, 0.3) is 5.91 Å². The molecule has 19 heavy (non-hydrogen) atoms. The smallest absolute Gasteiger partial charge is 0.274 e. The fraction of sp³-hybridized carbons (Fsp3) is 0.643. The molecule has 0 radical (unpaired) electrons. The summed E-state index contributed by atoms with van der Waals surface area (Å²) in [7, 11) is 3.66. The average Bonchev–Trinajstić information content (AvgIpc) is 2.75. The summed E-state index contributed by atoms with van der Waals surface area (Å²) in [6.45, 7) is 0. The molecule has 1 aromatic rings. The standard InChI is InChI=1S/C14H22N4O/c1-15-13-10-9-12(16-17-13)14(19)18(2)11-7-5-3-4-6-8-11/h9-11H,3-8H2,1-2H3,(H,15,17). The minimum Gasteiger partial charge on any atom is -0.372 e. The summed E-state index contributed by atoms with van der Waals surface area (Å²) in [5.74, 6) is 0.649. The lowest BCUT2D eigenvalue weighted by atomic mass is 10.1. The van der Waals surface area contributed by atoms with Crippen LogP contribution in [0.15, 0.2) is 12.1 Å². The number of aromatic nitrogens is 2. The first-order chi connectivity index (χ1) is 9.22. The lowest BCUT2D eigenvalue weighted by Crippen LogP contribution is -2.37. The summed E-state index contributed by atoms with van der Waals surface area (Å²) in [5, 5.41) is 10.8. The van der Waals surface area contributed by atoms with Crippen LogP contribution in [-0.4, -0.2) is 41.1 Å². The summed E-state index contributed by atoms with van der Waals surface area (Å²) in [6, 6.07) is 3.86. The van der Waals surface area contributed by atoms with Crippen LogP contribution < -0.4 is 5.32 Å². The van der Waals surface area contributed by atoms with Crippen molar-refractivity contribution in [1.29, 1.82) is 0 Å². The van der Waals surface area contributed by atoms with E-state index in [9.17, 15) is 4.79 Å². The summed E-state index contributed by atoms with van der Waals surface area (Å²) in [6.07, 6.45) is 7.21. The Balaban J connectivity index is 2.04. The fourth-order valence-corrected chi connectivity index (χ4v) is 2.57. The van der Waals surface area contributed by atoms with Gasteiger partial charge in [-0.15, -0.1) is 10.2 Å². The summed E-state index contributed by atoms with van der Waals surface area (Å²) in [5.41, 5.74) is 0.422. The molecule has 1 heterocycles. The van der Waals surface area contributed by atoms with Crippen LogP contribution in [0.2, 0.25) is 0 Å². The molecule has 5 heteroatoms. The Hall–Kier alpha value is -1.65. The molecule has 1 N–H and O–H groups in total. The summed E-state index contributed by atoms with van der Waals surface area (Å²) >= 11 is 0. The second kappa shape index (κ2) is 6.50. The third kappa shape index (κ3) is 3.43. The molecule has 0 bridgehead atoms. The highest BCUT2D eigenvalue weighted by molar-refractivity contribution is 5.92. The van der Waals surface area contributed by atoms with E-state index in [-0.39, 0.29) is 5.91 Å². The van der Waals surface area contributed by atoms with Crippen molar-refractivity contribution in [2.24, 2.45) is 0 Å². The van der Waals surface area contributed by atoms with E-state index < -0.39 is 0 Å². The van der Waals surface area contributed by atoms with E-state index in [4.69, 9.17) is 0 Å². The predicted octanol–water partition coefficient (Wildman–Crippen LogP) is 2.31. The third-order valence-electron chi connectivity index (χ3n) is 3.83. The van der Waals surface area contributed by atoms with Gasteiger partial charge in [-0.25, -0.2) is 0 Å². The van der Waals surface area contributed by atoms with Gasteiger partial charge in [0.2, 0.25) is 0 Å². The SMILES string of the molecule is CNc1ccc(C(=O)N(C)C2CCCCCC2)nn1. The molecule has 0 aromatic carbocycles. The highest BCUT2D eigenvalue weighted by Gasteiger charge is 2.23. The van der Waals surface area contributed by atoms with E-state index in [2.05, 4.69) is 15.5 Å². The van der Waals surface area contributed by atoms with Crippen molar-refractivity contribution in [2.45, 2.75) is 44.6 Å². The van der Waals surface area contributed by atoms with Crippen molar-refractivity contribution >= 4 is 11.7 Å². The maximum atomic E-state index is 12.4. The molecule has 0 aliphatic heterocycles. The number of carbonyl (C=O) groups is 1. The zero-order valence-corrected chi connectivity index (χ0v) is 11.7. The zero-order valence-electron chi connectivity index (χ0n) is 11.7. The molecule has 0 saturated heterocycles. The van der Waals surface area contributed by atoms with Crippen molar-refractivity contribution in [2.75, 3.05) is 19.4 Å². The van der Waals surface area contributed by atoms with Crippen LogP contribution in [-0.2, 0) is 0 Å². The van der Waals surface area contributed by atoms with Crippen molar-refractivity contribution in [1.82, 2.24) is 15.1 Å². The van der Waals surface area contributed by atoms with Crippen LogP contribution in [0.4, 0.5) is 5.82 Å². The number of nitrogens with one attached hydrogen (secondary N) is 1. The van der Waals surface area contributed by atoms with E-state index in [1.165, 1.54) is 25.7 Å². The second-order valence-electron chi connectivity index (χ2n) is 5.12. The number of hydrogen-bond donors (Lipinski definition) is 1. The van der Waals surface area contributed by atoms with Crippen molar-refractivity contribution in [3.63, 3.8) is 0 Å². The lowest BCUT2D eigenvalue weighted by Gasteiger charge is -2.26. The van der Waals surface area contributed by atoms with E-state index in [0.29, 0.717) is 17.6 Å². The minimum atomic E-state index is -0.0259. The monoisotopic (exact) mass is 262 g/mol. The highest BCUT2D eigenvalue weighted by atomic mass is 16.2. The van der Waals surface area contributed by atoms with Crippen molar-refractivity contribution in [3.05, 3.63) is 17.8 Å². The molecule has 1 fully saturated rings. The van der Waals surface area contributed by atoms with Gasteiger partial charge in [0.1, 0.15) is 5.82 Å². The van der Waals surface area contributed by atoms with Crippen molar-refractivity contribution in [3.8, 4) is 0 Å². The number of hydrogen-bond acceptors (Lipinski definition) is 4. The first kappa shape index (κ1) is 13.8. The van der Waals surface area contributed by atoms with E-state index >= 15 is 0 Å². The number of anilines is 1. The van der Waals surface area contributed by atoms with Crippen LogP contribution in [0.25, 0.3) is 0 Å².